The summed E-state index contributed by atoms with van der Waals surface area (Å²) in [5, 5.41) is 12.3. The third-order valence-electron chi connectivity index (χ3n) is 5.99. The first-order valence-corrected chi connectivity index (χ1v) is 12.2. The van der Waals surface area contributed by atoms with Crippen LogP contribution in [0.4, 0.5) is 5.69 Å². The Hall–Kier alpha value is -2.80. The molecule has 1 aromatic heterocycles. The molecular weight excluding hydrogens is 420 g/mol. The molecule has 32 heavy (non-hydrogen) atoms. The predicted molar refractivity (Wildman–Crippen MR) is 128 cm³/mol. The Bertz CT molecular complexity index is 1110. The first kappa shape index (κ1) is 22.4. The molecule has 2 aromatic carbocycles. The molecule has 0 fully saturated rings. The van der Waals surface area contributed by atoms with E-state index in [1.54, 1.807) is 0 Å². The average molecular weight is 451 g/mol. The molecule has 1 aliphatic rings. The second-order valence-electron chi connectivity index (χ2n) is 8.12. The van der Waals surface area contributed by atoms with Crippen molar-refractivity contribution < 1.29 is 9.53 Å². The summed E-state index contributed by atoms with van der Waals surface area (Å²) in [6.45, 7) is 7.26. The van der Waals surface area contributed by atoms with E-state index in [1.165, 1.54) is 47.7 Å². The van der Waals surface area contributed by atoms with Gasteiger partial charge < -0.3 is 14.6 Å². The lowest BCUT2D eigenvalue weighted by Crippen LogP contribution is -2.15. The van der Waals surface area contributed by atoms with Crippen molar-refractivity contribution in [3.8, 4) is 5.75 Å². The molecule has 0 saturated carbocycles. The highest BCUT2D eigenvalue weighted by molar-refractivity contribution is 7.99. The fraction of sp³-hybridized carbons (Fsp3) is 0.400. The number of fused-ring (bicyclic) bond motifs is 1. The molecule has 4 rings (SSSR count). The Balaban J connectivity index is 1.38. The second kappa shape index (κ2) is 10.2. The summed E-state index contributed by atoms with van der Waals surface area (Å²) in [5.41, 5.74) is 6.03. The van der Waals surface area contributed by atoms with Gasteiger partial charge in [-0.15, -0.1) is 10.2 Å². The number of rotatable bonds is 8. The molecule has 0 atom stereocenters. The maximum atomic E-state index is 12.4. The number of para-hydroxylation sites is 1. The van der Waals surface area contributed by atoms with Gasteiger partial charge in [0.1, 0.15) is 12.4 Å². The van der Waals surface area contributed by atoms with E-state index >= 15 is 0 Å². The number of nitrogens with one attached hydrogen (secondary N) is 1. The standard InChI is InChI=1S/C25H30N4O2S/c1-4-29-23(15-31-22-14-13-19-10-6-7-11-20(19)18(22)3)27-28-25(29)32-16-24(30)26-21-12-8-5-9-17(21)2/h5,8-9,12-14H,4,6-7,10-11,15-16H2,1-3H3,(H,26,30). The zero-order valence-corrected chi connectivity index (χ0v) is 19.8. The maximum Gasteiger partial charge on any atom is 0.234 e. The van der Waals surface area contributed by atoms with Crippen molar-refractivity contribution in [3.05, 3.63) is 64.5 Å². The van der Waals surface area contributed by atoms with Gasteiger partial charge in [-0.25, -0.2) is 0 Å². The minimum atomic E-state index is -0.0579. The number of carbonyl (C=O) groups excluding carboxylic acids is 1. The Morgan fingerprint density at radius 1 is 1.12 bits per heavy atom. The van der Waals surface area contributed by atoms with Crippen molar-refractivity contribution in [1.29, 1.82) is 0 Å². The van der Waals surface area contributed by atoms with Gasteiger partial charge in [0.05, 0.1) is 5.75 Å². The SMILES string of the molecule is CCn1c(COc2ccc3c(c2C)CCCC3)nnc1SCC(=O)Nc1ccccc1C. The number of amides is 1. The van der Waals surface area contributed by atoms with Crippen molar-refractivity contribution in [2.75, 3.05) is 11.1 Å². The Kier molecular flexibility index (Phi) is 7.15. The van der Waals surface area contributed by atoms with Gasteiger partial charge in [0.25, 0.3) is 0 Å². The number of hydrogen-bond donors (Lipinski definition) is 1. The fourth-order valence-corrected chi connectivity index (χ4v) is 4.99. The van der Waals surface area contributed by atoms with E-state index in [0.717, 1.165) is 40.9 Å². The first-order valence-electron chi connectivity index (χ1n) is 11.2. The molecule has 1 N–H and O–H groups in total. The predicted octanol–water partition coefficient (Wildman–Crippen LogP) is 5.10. The molecule has 1 heterocycles. The highest BCUT2D eigenvalue weighted by Crippen LogP contribution is 2.31. The van der Waals surface area contributed by atoms with Gasteiger partial charge in [0.15, 0.2) is 11.0 Å². The van der Waals surface area contributed by atoms with Gasteiger partial charge in [0, 0.05) is 12.2 Å². The number of hydrogen-bond acceptors (Lipinski definition) is 5. The lowest BCUT2D eigenvalue weighted by atomic mass is 9.88. The molecule has 0 spiro atoms. The summed E-state index contributed by atoms with van der Waals surface area (Å²) >= 11 is 1.39. The summed E-state index contributed by atoms with van der Waals surface area (Å²) in [5.74, 6) is 1.91. The highest BCUT2D eigenvalue weighted by Gasteiger charge is 2.17. The van der Waals surface area contributed by atoms with Gasteiger partial charge in [-0.2, -0.15) is 0 Å². The van der Waals surface area contributed by atoms with Crippen molar-refractivity contribution in [3.63, 3.8) is 0 Å². The number of benzene rings is 2. The Morgan fingerprint density at radius 2 is 1.94 bits per heavy atom. The van der Waals surface area contributed by atoms with Crippen molar-refractivity contribution in [2.24, 2.45) is 0 Å². The van der Waals surface area contributed by atoms with E-state index in [9.17, 15) is 4.79 Å². The van der Waals surface area contributed by atoms with Crippen molar-refractivity contribution in [1.82, 2.24) is 14.8 Å². The van der Waals surface area contributed by atoms with Crippen molar-refractivity contribution >= 4 is 23.4 Å². The Labute approximate surface area is 193 Å². The molecule has 6 nitrogen and oxygen atoms in total. The third-order valence-corrected chi connectivity index (χ3v) is 6.95. The molecule has 0 aliphatic heterocycles. The van der Waals surface area contributed by atoms with Crippen LogP contribution in [-0.4, -0.2) is 26.4 Å². The molecule has 0 unspecified atom stereocenters. The monoisotopic (exact) mass is 450 g/mol. The number of anilines is 1. The number of aryl methyl sites for hydroxylation is 2. The number of nitrogens with zero attached hydrogens (tertiary/aromatic N) is 3. The van der Waals surface area contributed by atoms with E-state index in [-0.39, 0.29) is 11.7 Å². The number of ether oxygens (including phenoxy) is 1. The molecule has 3 aromatic rings. The minimum Gasteiger partial charge on any atom is -0.485 e. The van der Waals surface area contributed by atoms with E-state index in [1.807, 2.05) is 35.8 Å². The van der Waals surface area contributed by atoms with Gasteiger partial charge in [-0.1, -0.05) is 36.0 Å². The van der Waals surface area contributed by atoms with Crippen LogP contribution in [0.25, 0.3) is 0 Å². The van der Waals surface area contributed by atoms with Gasteiger partial charge in [0.2, 0.25) is 5.91 Å². The molecular formula is C25H30N4O2S. The largest absolute Gasteiger partial charge is 0.485 e. The lowest BCUT2D eigenvalue weighted by molar-refractivity contribution is -0.113. The summed E-state index contributed by atoms with van der Waals surface area (Å²) in [6, 6.07) is 12.0. The summed E-state index contributed by atoms with van der Waals surface area (Å²) in [4.78, 5) is 12.4. The quantitative estimate of drug-likeness (QED) is 0.483. The number of thioether (sulfide) groups is 1. The minimum absolute atomic E-state index is 0.0579. The summed E-state index contributed by atoms with van der Waals surface area (Å²) in [6.07, 6.45) is 4.82. The lowest BCUT2D eigenvalue weighted by Gasteiger charge is -2.20. The van der Waals surface area contributed by atoms with Crippen LogP contribution in [0.3, 0.4) is 0 Å². The summed E-state index contributed by atoms with van der Waals surface area (Å²) < 4.78 is 8.16. The van der Waals surface area contributed by atoms with E-state index in [2.05, 4.69) is 41.5 Å². The van der Waals surface area contributed by atoms with E-state index in [0.29, 0.717) is 6.61 Å². The van der Waals surface area contributed by atoms with Crippen LogP contribution >= 0.6 is 11.8 Å². The van der Waals surface area contributed by atoms with Gasteiger partial charge in [-0.05, 0) is 80.8 Å². The van der Waals surface area contributed by atoms with Crippen LogP contribution in [0.1, 0.15) is 47.8 Å². The molecule has 7 heteroatoms. The summed E-state index contributed by atoms with van der Waals surface area (Å²) in [7, 11) is 0. The second-order valence-corrected chi connectivity index (χ2v) is 9.06. The van der Waals surface area contributed by atoms with Crippen LogP contribution in [-0.2, 0) is 30.8 Å². The van der Waals surface area contributed by atoms with Gasteiger partial charge >= 0.3 is 0 Å². The van der Waals surface area contributed by atoms with Crippen LogP contribution in [0.15, 0.2) is 41.6 Å². The van der Waals surface area contributed by atoms with Crippen LogP contribution in [0.2, 0.25) is 0 Å². The number of carbonyl (C=O) groups is 1. The molecule has 0 bridgehead atoms. The zero-order chi connectivity index (χ0) is 22.5. The zero-order valence-electron chi connectivity index (χ0n) is 19.0. The third kappa shape index (κ3) is 4.99. The van der Waals surface area contributed by atoms with Crippen LogP contribution < -0.4 is 10.1 Å². The molecule has 1 amide bonds. The first-order chi connectivity index (χ1) is 15.6. The van der Waals surface area contributed by atoms with E-state index in [4.69, 9.17) is 4.74 Å². The highest BCUT2D eigenvalue weighted by atomic mass is 32.2. The van der Waals surface area contributed by atoms with Crippen molar-refractivity contribution in [2.45, 2.75) is 64.8 Å². The van der Waals surface area contributed by atoms with Gasteiger partial charge in [-0.3, -0.25) is 4.79 Å². The van der Waals surface area contributed by atoms with E-state index < -0.39 is 0 Å². The molecule has 168 valence electrons. The molecule has 0 saturated heterocycles. The molecule has 1 aliphatic carbocycles. The average Bonchev–Trinajstić information content (AvgIpc) is 3.21. The molecule has 0 radical (unpaired) electrons. The normalized spacial score (nSPS) is 13.0. The van der Waals surface area contributed by atoms with Crippen LogP contribution in [0.5, 0.6) is 5.75 Å². The maximum absolute atomic E-state index is 12.4. The topological polar surface area (TPSA) is 69.0 Å². The Morgan fingerprint density at radius 3 is 2.75 bits per heavy atom. The van der Waals surface area contributed by atoms with Crippen LogP contribution in [0, 0.1) is 13.8 Å². The smallest absolute Gasteiger partial charge is 0.234 e. The fourth-order valence-electron chi connectivity index (χ4n) is 4.17. The number of aromatic nitrogens is 3.